The number of carbonyl (C=O) groups excluding carboxylic acids is 1. The van der Waals surface area contributed by atoms with E-state index in [1.165, 1.54) is 12.6 Å². The molecule has 6 heteroatoms. The van der Waals surface area contributed by atoms with Gasteiger partial charge in [-0.3, -0.25) is 14.4 Å². The smallest absolute Gasteiger partial charge is 0.251 e. The minimum Gasteiger partial charge on any atom is -0.389 e. The molecule has 1 amide bonds. The van der Waals surface area contributed by atoms with Crippen molar-refractivity contribution in [2.45, 2.75) is 50.2 Å². The van der Waals surface area contributed by atoms with E-state index < -0.39 is 11.5 Å². The fourth-order valence-electron chi connectivity index (χ4n) is 3.62. The molecule has 2 aliphatic rings. The van der Waals surface area contributed by atoms with Crippen LogP contribution in [0.4, 0.5) is 0 Å². The molecular formula is C15H24N4O2. The van der Waals surface area contributed by atoms with Gasteiger partial charge in [0.05, 0.1) is 23.4 Å². The Morgan fingerprint density at radius 3 is 2.86 bits per heavy atom. The van der Waals surface area contributed by atoms with Crippen molar-refractivity contribution in [1.29, 1.82) is 0 Å². The highest BCUT2D eigenvalue weighted by molar-refractivity contribution is 5.92. The SMILES string of the molecule is NC(=O)c1cnn(C2CCN(CC3(O)CCCCC3)C2)c1. The molecule has 21 heavy (non-hydrogen) atoms. The molecule has 1 aliphatic carbocycles. The van der Waals surface area contributed by atoms with Crippen molar-refractivity contribution in [2.75, 3.05) is 19.6 Å². The van der Waals surface area contributed by atoms with Gasteiger partial charge in [-0.15, -0.1) is 0 Å². The maximum atomic E-state index is 11.1. The Kier molecular flexibility index (Phi) is 3.99. The van der Waals surface area contributed by atoms with E-state index in [1.807, 2.05) is 4.68 Å². The first-order valence-corrected chi connectivity index (χ1v) is 7.84. The lowest BCUT2D eigenvalue weighted by molar-refractivity contribution is -0.0220. The largest absolute Gasteiger partial charge is 0.389 e. The maximum Gasteiger partial charge on any atom is 0.251 e. The van der Waals surface area contributed by atoms with Crippen LogP contribution in [0.25, 0.3) is 0 Å². The number of primary amides is 1. The summed E-state index contributed by atoms with van der Waals surface area (Å²) in [5, 5.41) is 14.9. The average molecular weight is 292 g/mol. The zero-order valence-electron chi connectivity index (χ0n) is 12.4. The van der Waals surface area contributed by atoms with Crippen molar-refractivity contribution in [3.63, 3.8) is 0 Å². The van der Waals surface area contributed by atoms with Crippen LogP contribution in [0, 0.1) is 0 Å². The molecule has 1 saturated carbocycles. The summed E-state index contributed by atoms with van der Waals surface area (Å²) in [5.74, 6) is -0.437. The second kappa shape index (κ2) is 5.77. The van der Waals surface area contributed by atoms with Crippen molar-refractivity contribution in [2.24, 2.45) is 5.73 Å². The van der Waals surface area contributed by atoms with Gasteiger partial charge >= 0.3 is 0 Å². The Labute approximate surface area is 124 Å². The molecule has 6 nitrogen and oxygen atoms in total. The van der Waals surface area contributed by atoms with Crippen LogP contribution in [-0.4, -0.2) is 50.9 Å². The first-order valence-electron chi connectivity index (χ1n) is 7.84. The molecule has 2 fully saturated rings. The topological polar surface area (TPSA) is 84.4 Å². The lowest BCUT2D eigenvalue weighted by Gasteiger charge is -2.35. The minimum atomic E-state index is -0.504. The fraction of sp³-hybridized carbons (Fsp3) is 0.733. The van der Waals surface area contributed by atoms with E-state index in [9.17, 15) is 9.90 Å². The van der Waals surface area contributed by atoms with Crippen molar-refractivity contribution in [1.82, 2.24) is 14.7 Å². The molecule has 0 aromatic carbocycles. The Morgan fingerprint density at radius 2 is 2.19 bits per heavy atom. The molecule has 3 rings (SSSR count). The van der Waals surface area contributed by atoms with Gasteiger partial charge in [0.15, 0.2) is 0 Å². The summed E-state index contributed by atoms with van der Waals surface area (Å²) >= 11 is 0. The van der Waals surface area contributed by atoms with E-state index in [4.69, 9.17) is 5.73 Å². The van der Waals surface area contributed by atoms with Gasteiger partial charge < -0.3 is 10.8 Å². The van der Waals surface area contributed by atoms with Gasteiger partial charge in [0.2, 0.25) is 0 Å². The summed E-state index contributed by atoms with van der Waals surface area (Å²) in [4.78, 5) is 13.4. The molecule has 1 unspecified atom stereocenters. The van der Waals surface area contributed by atoms with Gasteiger partial charge in [0.25, 0.3) is 5.91 Å². The van der Waals surface area contributed by atoms with Crippen LogP contribution in [0.2, 0.25) is 0 Å². The average Bonchev–Trinajstić information content (AvgIpc) is 3.07. The van der Waals surface area contributed by atoms with Crippen LogP contribution in [0.1, 0.15) is 54.9 Å². The number of carbonyl (C=O) groups is 1. The number of rotatable bonds is 4. The predicted molar refractivity (Wildman–Crippen MR) is 78.9 cm³/mol. The highest BCUT2D eigenvalue weighted by Gasteiger charge is 2.34. The standard InChI is InChI=1S/C15H24N4O2/c16-14(20)12-8-17-19(9-12)13-4-7-18(10-13)11-15(21)5-2-1-3-6-15/h8-9,13,21H,1-7,10-11H2,(H2,16,20). The molecule has 1 saturated heterocycles. The number of hydrogen-bond donors (Lipinski definition) is 2. The molecule has 3 N–H and O–H groups in total. The van der Waals surface area contributed by atoms with Gasteiger partial charge in [0, 0.05) is 25.8 Å². The summed E-state index contributed by atoms with van der Waals surface area (Å²) < 4.78 is 1.84. The van der Waals surface area contributed by atoms with Crippen LogP contribution >= 0.6 is 0 Å². The molecule has 0 bridgehead atoms. The number of nitrogens with zero attached hydrogens (tertiary/aromatic N) is 3. The molecule has 0 spiro atoms. The third-order valence-corrected chi connectivity index (χ3v) is 4.81. The van der Waals surface area contributed by atoms with E-state index in [-0.39, 0.29) is 6.04 Å². The molecule has 116 valence electrons. The van der Waals surface area contributed by atoms with E-state index in [2.05, 4.69) is 10.00 Å². The number of aromatic nitrogens is 2. The zero-order chi connectivity index (χ0) is 14.9. The van der Waals surface area contributed by atoms with Crippen LogP contribution in [0.5, 0.6) is 0 Å². The molecule has 1 atom stereocenters. The zero-order valence-corrected chi connectivity index (χ0v) is 12.4. The second-order valence-corrected chi connectivity index (χ2v) is 6.54. The van der Waals surface area contributed by atoms with Crippen molar-refractivity contribution >= 4 is 5.91 Å². The first-order chi connectivity index (χ1) is 10.1. The summed E-state index contributed by atoms with van der Waals surface area (Å²) in [7, 11) is 0. The third-order valence-electron chi connectivity index (χ3n) is 4.81. The predicted octanol–water partition coefficient (Wildman–Crippen LogP) is 0.924. The number of amides is 1. The van der Waals surface area contributed by atoms with E-state index in [0.717, 1.165) is 51.7 Å². The quantitative estimate of drug-likeness (QED) is 0.864. The second-order valence-electron chi connectivity index (χ2n) is 6.54. The van der Waals surface area contributed by atoms with Crippen molar-refractivity contribution in [3.8, 4) is 0 Å². The van der Waals surface area contributed by atoms with Crippen LogP contribution in [0.3, 0.4) is 0 Å². The monoisotopic (exact) mass is 292 g/mol. The van der Waals surface area contributed by atoms with E-state index >= 15 is 0 Å². The van der Waals surface area contributed by atoms with Gasteiger partial charge in [0.1, 0.15) is 0 Å². The van der Waals surface area contributed by atoms with Gasteiger partial charge in [-0.1, -0.05) is 19.3 Å². The van der Waals surface area contributed by atoms with Crippen molar-refractivity contribution < 1.29 is 9.90 Å². The highest BCUT2D eigenvalue weighted by atomic mass is 16.3. The Morgan fingerprint density at radius 1 is 1.43 bits per heavy atom. The molecular weight excluding hydrogens is 268 g/mol. The highest BCUT2D eigenvalue weighted by Crippen LogP contribution is 2.31. The number of likely N-dealkylation sites (tertiary alicyclic amines) is 1. The lowest BCUT2D eigenvalue weighted by atomic mass is 9.84. The Bertz CT molecular complexity index is 508. The summed E-state index contributed by atoms with van der Waals surface area (Å²) in [6, 6.07) is 0.269. The van der Waals surface area contributed by atoms with E-state index in [0.29, 0.717) is 5.56 Å². The molecule has 1 aliphatic heterocycles. The number of nitrogens with two attached hydrogens (primary N) is 1. The molecule has 1 aromatic heterocycles. The Hall–Kier alpha value is -1.40. The molecule has 2 heterocycles. The summed E-state index contributed by atoms with van der Waals surface area (Å²) in [6.45, 7) is 2.61. The van der Waals surface area contributed by atoms with Crippen LogP contribution in [-0.2, 0) is 0 Å². The van der Waals surface area contributed by atoms with Gasteiger partial charge in [-0.25, -0.2) is 0 Å². The Balaban J connectivity index is 1.58. The molecule has 1 aromatic rings. The van der Waals surface area contributed by atoms with Crippen LogP contribution < -0.4 is 5.73 Å². The van der Waals surface area contributed by atoms with Crippen LogP contribution in [0.15, 0.2) is 12.4 Å². The number of hydrogen-bond acceptors (Lipinski definition) is 4. The fourth-order valence-corrected chi connectivity index (χ4v) is 3.62. The summed E-state index contributed by atoms with van der Waals surface area (Å²) in [5.41, 5.74) is 5.21. The molecule has 0 radical (unpaired) electrons. The minimum absolute atomic E-state index is 0.269. The normalized spacial score (nSPS) is 26.0. The van der Waals surface area contributed by atoms with Crippen molar-refractivity contribution in [3.05, 3.63) is 18.0 Å². The number of aliphatic hydroxyl groups is 1. The van der Waals surface area contributed by atoms with Gasteiger partial charge in [-0.05, 0) is 19.3 Å². The lowest BCUT2D eigenvalue weighted by Crippen LogP contribution is -2.43. The van der Waals surface area contributed by atoms with E-state index in [1.54, 1.807) is 6.20 Å². The third kappa shape index (κ3) is 3.27. The summed E-state index contributed by atoms with van der Waals surface area (Å²) in [6.07, 6.45) is 9.60. The number of β-amino-alcohol motifs (C(OH)–C–C–N with tert-alkyl or cyclic N) is 1. The maximum absolute atomic E-state index is 11.1. The van der Waals surface area contributed by atoms with Gasteiger partial charge in [-0.2, -0.15) is 5.10 Å². The first kappa shape index (κ1) is 14.5.